The second-order valence-corrected chi connectivity index (χ2v) is 8.59. The van der Waals surface area contributed by atoms with Crippen molar-refractivity contribution in [3.8, 4) is 11.4 Å². The van der Waals surface area contributed by atoms with E-state index < -0.39 is 0 Å². The summed E-state index contributed by atoms with van der Waals surface area (Å²) in [5, 5.41) is 4.07. The van der Waals surface area contributed by atoms with Gasteiger partial charge in [0.1, 0.15) is 5.82 Å². The third-order valence-electron chi connectivity index (χ3n) is 6.24. The molecular weight excluding hydrogens is 393 g/mol. The Balaban J connectivity index is 1.53. The Kier molecular flexibility index (Phi) is 6.01. The first kappa shape index (κ1) is 21.4. The molecule has 2 heterocycles. The maximum absolute atomic E-state index is 13.5. The van der Waals surface area contributed by atoms with Gasteiger partial charge >= 0.3 is 0 Å². The number of halogens is 1. The summed E-state index contributed by atoms with van der Waals surface area (Å²) in [5.74, 6) is 0.959. The summed E-state index contributed by atoms with van der Waals surface area (Å²) in [7, 11) is 0. The van der Waals surface area contributed by atoms with Crippen molar-refractivity contribution in [1.29, 1.82) is 0 Å². The monoisotopic (exact) mass is 421 g/mol. The molecule has 5 nitrogen and oxygen atoms in total. The number of ketones is 1. The van der Waals surface area contributed by atoms with Crippen molar-refractivity contribution in [2.24, 2.45) is 0 Å². The number of aryl methyl sites for hydroxylation is 2. The molecule has 3 aromatic rings. The molecule has 1 fully saturated rings. The lowest BCUT2D eigenvalue weighted by molar-refractivity contribution is 0.101. The number of hydrogen-bond donors (Lipinski definition) is 0. The maximum atomic E-state index is 13.5. The SMILES string of the molecule is CC(=O)c1c(C)cc(C)c(CN2CCCC(c3nc(-c4cccc(F)c4)no3)C2)c1C. The third kappa shape index (κ3) is 4.44. The van der Waals surface area contributed by atoms with Crippen LogP contribution in [0.5, 0.6) is 0 Å². The normalized spacial score (nSPS) is 17.1. The first-order valence-electron chi connectivity index (χ1n) is 10.8. The Morgan fingerprint density at radius 3 is 2.77 bits per heavy atom. The van der Waals surface area contributed by atoms with Crippen LogP contribution in [0.2, 0.25) is 0 Å². The lowest BCUT2D eigenvalue weighted by atomic mass is 9.90. The minimum atomic E-state index is -0.318. The molecule has 0 aliphatic carbocycles. The number of nitrogens with zero attached hydrogens (tertiary/aromatic N) is 3. The predicted molar refractivity (Wildman–Crippen MR) is 118 cm³/mol. The van der Waals surface area contributed by atoms with Crippen LogP contribution in [0.15, 0.2) is 34.9 Å². The van der Waals surface area contributed by atoms with Gasteiger partial charge in [0.15, 0.2) is 5.78 Å². The fourth-order valence-corrected chi connectivity index (χ4v) is 4.78. The van der Waals surface area contributed by atoms with E-state index in [9.17, 15) is 9.18 Å². The summed E-state index contributed by atoms with van der Waals surface area (Å²) in [4.78, 5) is 19.1. The van der Waals surface area contributed by atoms with E-state index >= 15 is 0 Å². The van der Waals surface area contributed by atoms with Crippen LogP contribution in [0.1, 0.15) is 64.2 Å². The van der Waals surface area contributed by atoms with Crippen molar-refractivity contribution < 1.29 is 13.7 Å². The number of aromatic nitrogens is 2. The van der Waals surface area contributed by atoms with E-state index in [-0.39, 0.29) is 17.5 Å². The highest BCUT2D eigenvalue weighted by Gasteiger charge is 2.27. The molecule has 1 aromatic heterocycles. The average molecular weight is 422 g/mol. The number of likely N-dealkylation sites (tertiary alicyclic amines) is 1. The summed E-state index contributed by atoms with van der Waals surface area (Å²) in [6.07, 6.45) is 2.01. The zero-order valence-corrected chi connectivity index (χ0v) is 18.5. The van der Waals surface area contributed by atoms with Crippen LogP contribution >= 0.6 is 0 Å². The van der Waals surface area contributed by atoms with Crippen LogP contribution in [0.25, 0.3) is 11.4 Å². The minimum absolute atomic E-state index is 0.114. The van der Waals surface area contributed by atoms with Gasteiger partial charge in [0.25, 0.3) is 0 Å². The molecule has 1 unspecified atom stereocenters. The van der Waals surface area contributed by atoms with Gasteiger partial charge < -0.3 is 4.52 Å². The van der Waals surface area contributed by atoms with Crippen molar-refractivity contribution in [1.82, 2.24) is 15.0 Å². The van der Waals surface area contributed by atoms with E-state index in [2.05, 4.69) is 35.0 Å². The number of benzene rings is 2. The molecule has 1 aliphatic rings. The van der Waals surface area contributed by atoms with E-state index in [0.29, 0.717) is 17.3 Å². The molecule has 0 amide bonds. The predicted octanol–water partition coefficient (Wildman–Crippen LogP) is 5.38. The second kappa shape index (κ2) is 8.71. The molecule has 4 rings (SSSR count). The lowest BCUT2D eigenvalue weighted by Gasteiger charge is -2.32. The van der Waals surface area contributed by atoms with Crippen molar-refractivity contribution in [2.45, 2.75) is 53.0 Å². The quantitative estimate of drug-likeness (QED) is 0.518. The molecule has 0 bridgehead atoms. The van der Waals surface area contributed by atoms with Gasteiger partial charge in [-0.3, -0.25) is 9.69 Å². The van der Waals surface area contributed by atoms with Crippen LogP contribution < -0.4 is 0 Å². The molecule has 2 aromatic carbocycles. The highest BCUT2D eigenvalue weighted by Crippen LogP contribution is 2.30. The number of carbonyl (C=O) groups is 1. The molecule has 0 radical (unpaired) electrons. The van der Waals surface area contributed by atoms with Crippen LogP contribution in [-0.2, 0) is 6.54 Å². The number of piperidine rings is 1. The number of hydrogen-bond acceptors (Lipinski definition) is 5. The van der Waals surface area contributed by atoms with E-state index in [1.165, 1.54) is 23.3 Å². The van der Waals surface area contributed by atoms with E-state index in [4.69, 9.17) is 4.52 Å². The molecule has 6 heteroatoms. The fraction of sp³-hybridized carbons (Fsp3) is 0.400. The van der Waals surface area contributed by atoms with Crippen LogP contribution in [-0.4, -0.2) is 33.9 Å². The Morgan fingerprint density at radius 2 is 2.03 bits per heavy atom. The summed E-state index contributed by atoms with van der Waals surface area (Å²) < 4.78 is 19.1. The van der Waals surface area contributed by atoms with E-state index in [0.717, 1.165) is 49.2 Å². The van der Waals surface area contributed by atoms with Crippen molar-refractivity contribution in [3.63, 3.8) is 0 Å². The van der Waals surface area contributed by atoms with E-state index in [1.807, 2.05) is 6.92 Å². The Hall–Kier alpha value is -2.86. The Labute approximate surface area is 182 Å². The largest absolute Gasteiger partial charge is 0.339 e. The number of rotatable bonds is 5. The van der Waals surface area contributed by atoms with Crippen LogP contribution in [0.4, 0.5) is 4.39 Å². The van der Waals surface area contributed by atoms with E-state index in [1.54, 1.807) is 19.1 Å². The van der Waals surface area contributed by atoms with Gasteiger partial charge in [-0.1, -0.05) is 23.4 Å². The smallest absolute Gasteiger partial charge is 0.231 e. The molecule has 0 spiro atoms. The molecule has 1 saturated heterocycles. The first-order chi connectivity index (χ1) is 14.8. The summed E-state index contributed by atoms with van der Waals surface area (Å²) in [6, 6.07) is 8.35. The van der Waals surface area contributed by atoms with Crippen molar-refractivity contribution >= 4 is 5.78 Å². The second-order valence-electron chi connectivity index (χ2n) is 8.59. The average Bonchev–Trinajstić information content (AvgIpc) is 3.21. The molecule has 1 atom stereocenters. The van der Waals surface area contributed by atoms with Gasteiger partial charge in [0.2, 0.25) is 11.7 Å². The molecule has 1 aliphatic heterocycles. The number of carbonyl (C=O) groups excluding carboxylic acids is 1. The molecule has 0 saturated carbocycles. The highest BCUT2D eigenvalue weighted by molar-refractivity contribution is 5.97. The van der Waals surface area contributed by atoms with Gasteiger partial charge in [-0.15, -0.1) is 0 Å². The third-order valence-corrected chi connectivity index (χ3v) is 6.24. The Morgan fingerprint density at radius 1 is 1.23 bits per heavy atom. The first-order valence-corrected chi connectivity index (χ1v) is 10.8. The van der Waals surface area contributed by atoms with Gasteiger partial charge in [-0.25, -0.2) is 4.39 Å². The topological polar surface area (TPSA) is 59.2 Å². The lowest BCUT2D eigenvalue weighted by Crippen LogP contribution is -2.34. The Bertz CT molecular complexity index is 1120. The zero-order chi connectivity index (χ0) is 22.1. The van der Waals surface area contributed by atoms with Gasteiger partial charge in [-0.05, 0) is 81.5 Å². The van der Waals surface area contributed by atoms with Crippen LogP contribution in [0, 0.1) is 26.6 Å². The van der Waals surface area contributed by atoms with Crippen molar-refractivity contribution in [2.75, 3.05) is 13.1 Å². The zero-order valence-electron chi connectivity index (χ0n) is 18.5. The highest BCUT2D eigenvalue weighted by atomic mass is 19.1. The van der Waals surface area contributed by atoms with Gasteiger partial charge in [0, 0.05) is 24.2 Å². The number of Topliss-reactive ketones (excluding diaryl/α,β-unsaturated/α-hetero) is 1. The van der Waals surface area contributed by atoms with Crippen molar-refractivity contribution in [3.05, 3.63) is 69.9 Å². The van der Waals surface area contributed by atoms with Crippen LogP contribution in [0.3, 0.4) is 0 Å². The standard InChI is InChI=1S/C25H28FN3O2/c1-15-11-16(2)23(18(4)30)17(3)22(15)14-29-10-6-8-20(13-29)25-27-24(28-31-25)19-7-5-9-21(26)12-19/h5,7,9,11-12,20H,6,8,10,13-14H2,1-4H3. The summed E-state index contributed by atoms with van der Waals surface area (Å²) in [5.41, 5.74) is 6.02. The minimum Gasteiger partial charge on any atom is -0.339 e. The molecular formula is C25H28FN3O2. The molecule has 162 valence electrons. The fourth-order valence-electron chi connectivity index (χ4n) is 4.78. The van der Waals surface area contributed by atoms with Gasteiger partial charge in [0.05, 0.1) is 5.92 Å². The molecule has 0 N–H and O–H groups in total. The maximum Gasteiger partial charge on any atom is 0.231 e. The molecule has 31 heavy (non-hydrogen) atoms. The van der Waals surface area contributed by atoms with Gasteiger partial charge in [-0.2, -0.15) is 4.98 Å². The summed E-state index contributed by atoms with van der Waals surface area (Å²) in [6.45, 7) is 10.4. The summed E-state index contributed by atoms with van der Waals surface area (Å²) >= 11 is 0.